The minimum absolute atomic E-state index is 0.170. The number of carboxylic acids is 1. The van der Waals surface area contributed by atoms with Gasteiger partial charge in [-0.15, -0.1) is 11.8 Å². The number of carboxylic acid groups (broad SMARTS) is 1. The van der Waals surface area contributed by atoms with Crippen LogP contribution in [-0.4, -0.2) is 35.4 Å². The van der Waals surface area contributed by atoms with Crippen molar-refractivity contribution in [2.75, 3.05) is 12.9 Å². The van der Waals surface area contributed by atoms with Crippen LogP contribution in [0.4, 0.5) is 0 Å². The molecule has 6 heteroatoms. The number of amides is 1. The Balaban J connectivity index is 2.48. The molecule has 0 aliphatic rings. The molecule has 0 saturated heterocycles. The fraction of sp³-hybridized carbons (Fsp3) is 0.385. The van der Waals surface area contributed by atoms with Crippen molar-refractivity contribution in [3.05, 3.63) is 24.3 Å². The minimum atomic E-state index is -1.25. The summed E-state index contributed by atoms with van der Waals surface area (Å²) in [7, 11) is 1.59. The maximum Gasteiger partial charge on any atom is 0.328 e. The van der Waals surface area contributed by atoms with Gasteiger partial charge in [0.15, 0.2) is 0 Å². The molecule has 0 heterocycles. The van der Waals surface area contributed by atoms with Crippen LogP contribution < -0.4 is 10.1 Å². The van der Waals surface area contributed by atoms with E-state index >= 15 is 0 Å². The molecule has 0 spiro atoms. The summed E-state index contributed by atoms with van der Waals surface area (Å²) in [6.45, 7) is 2.90. The molecule has 1 amide bonds. The lowest BCUT2D eigenvalue weighted by atomic mass is 10.1. The summed E-state index contributed by atoms with van der Waals surface area (Å²) < 4.78 is 5.03. The van der Waals surface area contributed by atoms with E-state index in [0.29, 0.717) is 0 Å². The van der Waals surface area contributed by atoms with Crippen molar-refractivity contribution in [3.8, 4) is 5.75 Å². The Bertz CT molecular complexity index is 456. The number of nitrogens with one attached hydrogen (secondary N) is 1. The van der Waals surface area contributed by atoms with E-state index in [1.807, 2.05) is 12.1 Å². The summed E-state index contributed by atoms with van der Waals surface area (Å²) in [6, 6.07) is 7.31. The van der Waals surface area contributed by atoms with Gasteiger partial charge >= 0.3 is 5.97 Å². The average molecular weight is 283 g/mol. The first kappa shape index (κ1) is 15.4. The molecule has 2 N–H and O–H groups in total. The Morgan fingerprint density at radius 1 is 1.32 bits per heavy atom. The molecule has 0 aliphatic carbocycles. The average Bonchev–Trinajstić information content (AvgIpc) is 2.36. The molecule has 0 aromatic heterocycles. The first-order chi connectivity index (χ1) is 8.85. The summed E-state index contributed by atoms with van der Waals surface area (Å²) in [5, 5.41) is 11.4. The Morgan fingerprint density at radius 3 is 2.37 bits per heavy atom. The van der Waals surface area contributed by atoms with E-state index in [9.17, 15) is 9.59 Å². The van der Waals surface area contributed by atoms with Crippen molar-refractivity contribution in [2.45, 2.75) is 24.3 Å². The molecule has 0 unspecified atom stereocenters. The Morgan fingerprint density at radius 2 is 1.89 bits per heavy atom. The highest BCUT2D eigenvalue weighted by atomic mass is 32.2. The van der Waals surface area contributed by atoms with Crippen LogP contribution >= 0.6 is 11.8 Å². The van der Waals surface area contributed by atoms with Gasteiger partial charge in [0.05, 0.1) is 12.9 Å². The molecule has 0 aliphatic heterocycles. The fourth-order valence-corrected chi connectivity index (χ4v) is 1.96. The monoisotopic (exact) mass is 283 g/mol. The molecule has 1 aromatic rings. The van der Waals surface area contributed by atoms with Gasteiger partial charge in [-0.05, 0) is 38.1 Å². The zero-order chi connectivity index (χ0) is 14.5. The number of benzene rings is 1. The molecule has 104 valence electrons. The first-order valence-corrected chi connectivity index (χ1v) is 6.65. The normalized spacial score (nSPS) is 10.9. The van der Waals surface area contributed by atoms with E-state index in [0.717, 1.165) is 10.6 Å². The molecular formula is C13H17NO4S. The van der Waals surface area contributed by atoms with Crippen LogP contribution in [0.2, 0.25) is 0 Å². The SMILES string of the molecule is COc1ccc(SCC(=O)NC(C)(C)C(=O)O)cc1. The first-order valence-electron chi connectivity index (χ1n) is 5.66. The number of hydrogen-bond acceptors (Lipinski definition) is 4. The van der Waals surface area contributed by atoms with Crippen molar-refractivity contribution in [3.63, 3.8) is 0 Å². The quantitative estimate of drug-likeness (QED) is 0.778. The third-order valence-electron chi connectivity index (χ3n) is 2.42. The maximum atomic E-state index is 11.6. The summed E-state index contributed by atoms with van der Waals surface area (Å²) in [5.74, 6) is -0.451. The second-order valence-electron chi connectivity index (χ2n) is 4.44. The van der Waals surface area contributed by atoms with Crippen LogP contribution in [0.15, 0.2) is 29.2 Å². The molecule has 0 atom stereocenters. The lowest BCUT2D eigenvalue weighted by Gasteiger charge is -2.20. The van der Waals surface area contributed by atoms with Gasteiger partial charge in [-0.1, -0.05) is 0 Å². The maximum absolute atomic E-state index is 11.6. The number of carbonyl (C=O) groups is 2. The Kier molecular flexibility index (Phi) is 5.23. The van der Waals surface area contributed by atoms with E-state index in [1.54, 1.807) is 19.2 Å². The van der Waals surface area contributed by atoms with Crippen molar-refractivity contribution in [1.29, 1.82) is 0 Å². The molecule has 0 bridgehead atoms. The predicted molar refractivity (Wildman–Crippen MR) is 73.6 cm³/mol. The van der Waals surface area contributed by atoms with E-state index in [4.69, 9.17) is 9.84 Å². The van der Waals surface area contributed by atoms with Gasteiger partial charge in [-0.2, -0.15) is 0 Å². The smallest absolute Gasteiger partial charge is 0.328 e. The summed E-state index contributed by atoms with van der Waals surface area (Å²) in [4.78, 5) is 23.4. The van der Waals surface area contributed by atoms with Gasteiger partial charge < -0.3 is 15.2 Å². The van der Waals surface area contributed by atoms with E-state index < -0.39 is 11.5 Å². The van der Waals surface area contributed by atoms with Crippen molar-refractivity contribution >= 4 is 23.6 Å². The molecule has 0 saturated carbocycles. The van der Waals surface area contributed by atoms with E-state index in [2.05, 4.69) is 5.32 Å². The second-order valence-corrected chi connectivity index (χ2v) is 5.49. The molecule has 5 nitrogen and oxygen atoms in total. The number of thioether (sulfide) groups is 1. The Labute approximate surface area is 116 Å². The minimum Gasteiger partial charge on any atom is -0.497 e. The van der Waals surface area contributed by atoms with Gasteiger partial charge in [0.25, 0.3) is 0 Å². The highest BCUT2D eigenvalue weighted by molar-refractivity contribution is 8.00. The van der Waals surface area contributed by atoms with Gasteiger partial charge in [0.2, 0.25) is 5.91 Å². The van der Waals surface area contributed by atoms with Gasteiger partial charge in [0.1, 0.15) is 11.3 Å². The van der Waals surface area contributed by atoms with Gasteiger partial charge in [0, 0.05) is 4.90 Å². The lowest BCUT2D eigenvalue weighted by Crippen LogP contribution is -2.50. The van der Waals surface area contributed by atoms with Crippen LogP contribution in [0.1, 0.15) is 13.8 Å². The largest absolute Gasteiger partial charge is 0.497 e. The number of aliphatic carboxylic acids is 1. The van der Waals surface area contributed by atoms with E-state index in [-0.39, 0.29) is 11.7 Å². The zero-order valence-corrected chi connectivity index (χ0v) is 11.9. The summed E-state index contributed by atoms with van der Waals surface area (Å²) >= 11 is 1.34. The number of methoxy groups -OCH3 is 1. The molecular weight excluding hydrogens is 266 g/mol. The molecule has 1 rings (SSSR count). The van der Waals surface area contributed by atoms with Gasteiger partial charge in [-0.3, -0.25) is 4.79 Å². The van der Waals surface area contributed by atoms with Crippen LogP contribution in [0, 0.1) is 0 Å². The standard InChI is InChI=1S/C13H17NO4S/c1-13(2,12(16)17)14-11(15)8-19-10-6-4-9(18-3)5-7-10/h4-7H,8H2,1-3H3,(H,14,15)(H,16,17). The van der Waals surface area contributed by atoms with Crippen LogP contribution in [0.3, 0.4) is 0 Å². The molecule has 1 aromatic carbocycles. The van der Waals surface area contributed by atoms with Crippen LogP contribution in [0.5, 0.6) is 5.75 Å². The number of ether oxygens (including phenoxy) is 1. The van der Waals surface area contributed by atoms with Crippen molar-refractivity contribution < 1.29 is 19.4 Å². The number of hydrogen-bond donors (Lipinski definition) is 2. The zero-order valence-electron chi connectivity index (χ0n) is 11.1. The number of rotatable bonds is 6. The molecule has 0 radical (unpaired) electrons. The Hall–Kier alpha value is -1.69. The molecule has 0 fully saturated rings. The second kappa shape index (κ2) is 6.47. The highest BCUT2D eigenvalue weighted by Crippen LogP contribution is 2.21. The lowest BCUT2D eigenvalue weighted by molar-refractivity contribution is -0.145. The fourth-order valence-electron chi connectivity index (χ4n) is 1.26. The summed E-state index contributed by atoms with van der Waals surface area (Å²) in [5.41, 5.74) is -1.25. The third-order valence-corrected chi connectivity index (χ3v) is 3.43. The van der Waals surface area contributed by atoms with Crippen molar-refractivity contribution in [1.82, 2.24) is 5.32 Å². The predicted octanol–water partition coefficient (Wildman–Crippen LogP) is 1.77. The van der Waals surface area contributed by atoms with Crippen LogP contribution in [0.25, 0.3) is 0 Å². The number of carbonyl (C=O) groups excluding carboxylic acids is 1. The molecule has 19 heavy (non-hydrogen) atoms. The third kappa shape index (κ3) is 4.82. The summed E-state index contributed by atoms with van der Waals surface area (Å²) in [6.07, 6.45) is 0. The van der Waals surface area contributed by atoms with Gasteiger partial charge in [-0.25, -0.2) is 4.79 Å². The highest BCUT2D eigenvalue weighted by Gasteiger charge is 2.28. The van der Waals surface area contributed by atoms with Crippen molar-refractivity contribution in [2.24, 2.45) is 0 Å². The topological polar surface area (TPSA) is 75.6 Å². The van der Waals surface area contributed by atoms with Crippen LogP contribution in [-0.2, 0) is 9.59 Å². The van der Waals surface area contributed by atoms with E-state index in [1.165, 1.54) is 25.6 Å².